The standard InChI is InChI=1S/C20H20O5/c1-11(2)8-9-24-19-12(3)10-15-17(20(19)23-4)18(22)16-13(21)6-5-7-14(16)25-15/h5-8,10,21H,9H2,1-4H3. The summed E-state index contributed by atoms with van der Waals surface area (Å²) in [5.74, 6) is 0.688. The molecular formula is C20H20O5. The van der Waals surface area contributed by atoms with Gasteiger partial charge in [-0.05, 0) is 50.6 Å². The molecule has 0 aliphatic heterocycles. The number of aryl methyl sites for hydroxylation is 1. The molecule has 3 aromatic rings. The summed E-state index contributed by atoms with van der Waals surface area (Å²) in [7, 11) is 1.48. The predicted molar refractivity (Wildman–Crippen MR) is 97.9 cm³/mol. The number of phenols is 1. The molecule has 25 heavy (non-hydrogen) atoms. The highest BCUT2D eigenvalue weighted by molar-refractivity contribution is 5.97. The van der Waals surface area contributed by atoms with E-state index in [9.17, 15) is 9.90 Å². The van der Waals surface area contributed by atoms with Crippen LogP contribution in [0.3, 0.4) is 0 Å². The average Bonchev–Trinajstić information content (AvgIpc) is 2.55. The van der Waals surface area contributed by atoms with E-state index in [1.165, 1.54) is 13.2 Å². The quantitative estimate of drug-likeness (QED) is 0.566. The highest BCUT2D eigenvalue weighted by atomic mass is 16.5. The normalized spacial score (nSPS) is 10.9. The van der Waals surface area contributed by atoms with Gasteiger partial charge in [-0.1, -0.05) is 11.6 Å². The molecule has 5 heteroatoms. The fraction of sp³-hybridized carbons (Fsp3) is 0.250. The average molecular weight is 340 g/mol. The van der Waals surface area contributed by atoms with Gasteiger partial charge >= 0.3 is 0 Å². The molecule has 0 bridgehead atoms. The first-order valence-electron chi connectivity index (χ1n) is 7.96. The van der Waals surface area contributed by atoms with Crippen molar-refractivity contribution < 1.29 is 19.0 Å². The van der Waals surface area contributed by atoms with E-state index in [4.69, 9.17) is 13.9 Å². The summed E-state index contributed by atoms with van der Waals surface area (Å²) in [5, 5.41) is 10.5. The molecule has 1 aromatic heterocycles. The number of rotatable bonds is 4. The van der Waals surface area contributed by atoms with Gasteiger partial charge in [-0.15, -0.1) is 0 Å². The van der Waals surface area contributed by atoms with Crippen LogP contribution in [0.4, 0.5) is 0 Å². The fourth-order valence-electron chi connectivity index (χ4n) is 2.78. The van der Waals surface area contributed by atoms with Crippen molar-refractivity contribution >= 4 is 21.9 Å². The number of ether oxygens (including phenoxy) is 2. The van der Waals surface area contributed by atoms with Crippen LogP contribution in [0, 0.1) is 6.92 Å². The first kappa shape index (κ1) is 16.9. The van der Waals surface area contributed by atoms with Gasteiger partial charge in [-0.25, -0.2) is 0 Å². The third kappa shape index (κ3) is 2.93. The van der Waals surface area contributed by atoms with Crippen molar-refractivity contribution in [1.82, 2.24) is 0 Å². The number of hydrogen-bond acceptors (Lipinski definition) is 5. The number of fused-ring (bicyclic) bond motifs is 2. The van der Waals surface area contributed by atoms with Gasteiger partial charge in [-0.2, -0.15) is 0 Å². The Hall–Kier alpha value is -2.95. The zero-order valence-corrected chi connectivity index (χ0v) is 14.7. The molecule has 0 spiro atoms. The highest BCUT2D eigenvalue weighted by Gasteiger charge is 2.20. The van der Waals surface area contributed by atoms with Gasteiger partial charge in [0.25, 0.3) is 0 Å². The lowest BCUT2D eigenvalue weighted by Gasteiger charge is -2.15. The van der Waals surface area contributed by atoms with Gasteiger partial charge in [0, 0.05) is 0 Å². The number of aromatic hydroxyl groups is 1. The van der Waals surface area contributed by atoms with E-state index in [0.29, 0.717) is 29.3 Å². The van der Waals surface area contributed by atoms with Crippen LogP contribution in [0.2, 0.25) is 0 Å². The van der Waals surface area contributed by atoms with Gasteiger partial charge in [0.2, 0.25) is 5.43 Å². The molecule has 0 radical (unpaired) electrons. The van der Waals surface area contributed by atoms with E-state index in [0.717, 1.165) is 11.1 Å². The zero-order chi connectivity index (χ0) is 18.1. The van der Waals surface area contributed by atoms with Crippen molar-refractivity contribution in [3.05, 3.63) is 51.7 Å². The van der Waals surface area contributed by atoms with Crippen LogP contribution in [0.1, 0.15) is 19.4 Å². The Balaban J connectivity index is 2.33. The van der Waals surface area contributed by atoms with Crippen LogP contribution in [-0.2, 0) is 0 Å². The molecule has 0 saturated carbocycles. The summed E-state index contributed by atoms with van der Waals surface area (Å²) in [6, 6.07) is 6.49. The topological polar surface area (TPSA) is 68.9 Å². The molecular weight excluding hydrogens is 320 g/mol. The minimum atomic E-state index is -0.349. The van der Waals surface area contributed by atoms with Crippen molar-refractivity contribution in [2.45, 2.75) is 20.8 Å². The van der Waals surface area contributed by atoms with Crippen LogP contribution in [0.25, 0.3) is 21.9 Å². The number of methoxy groups -OCH3 is 1. The van der Waals surface area contributed by atoms with Crippen LogP contribution < -0.4 is 14.9 Å². The first-order valence-corrected chi connectivity index (χ1v) is 7.96. The van der Waals surface area contributed by atoms with Crippen molar-refractivity contribution in [1.29, 1.82) is 0 Å². The highest BCUT2D eigenvalue weighted by Crippen LogP contribution is 2.39. The summed E-state index contributed by atoms with van der Waals surface area (Å²) in [6.45, 7) is 6.20. The Bertz CT molecular complexity index is 1040. The van der Waals surface area contributed by atoms with E-state index in [2.05, 4.69) is 0 Å². The molecule has 1 N–H and O–H groups in total. The van der Waals surface area contributed by atoms with E-state index in [1.807, 2.05) is 26.8 Å². The largest absolute Gasteiger partial charge is 0.507 e. The third-order valence-corrected chi connectivity index (χ3v) is 3.99. The minimum absolute atomic E-state index is 0.122. The molecule has 130 valence electrons. The SMILES string of the molecule is COc1c(OCC=C(C)C)c(C)cc2oc3cccc(O)c3c(=O)c12. The third-order valence-electron chi connectivity index (χ3n) is 3.99. The fourth-order valence-corrected chi connectivity index (χ4v) is 2.78. The maximum Gasteiger partial charge on any atom is 0.208 e. The van der Waals surface area contributed by atoms with Crippen LogP contribution in [0.5, 0.6) is 17.2 Å². The van der Waals surface area contributed by atoms with Gasteiger partial charge in [-0.3, -0.25) is 4.79 Å². The molecule has 0 aliphatic carbocycles. The Labute approximate surface area is 145 Å². The zero-order valence-electron chi connectivity index (χ0n) is 14.7. The molecule has 0 saturated heterocycles. The molecule has 5 nitrogen and oxygen atoms in total. The Morgan fingerprint density at radius 2 is 1.96 bits per heavy atom. The summed E-state index contributed by atoms with van der Waals surface area (Å²) in [6.07, 6.45) is 1.94. The van der Waals surface area contributed by atoms with Gasteiger partial charge in [0.1, 0.15) is 34.3 Å². The molecule has 2 aromatic carbocycles. The molecule has 0 fully saturated rings. The Morgan fingerprint density at radius 3 is 2.64 bits per heavy atom. The van der Waals surface area contributed by atoms with Crippen LogP contribution in [-0.4, -0.2) is 18.8 Å². The summed E-state index contributed by atoms with van der Waals surface area (Å²) in [4.78, 5) is 13.0. The minimum Gasteiger partial charge on any atom is -0.507 e. The molecule has 0 unspecified atom stereocenters. The second-order valence-corrected chi connectivity index (χ2v) is 6.10. The second-order valence-electron chi connectivity index (χ2n) is 6.10. The smallest absolute Gasteiger partial charge is 0.208 e. The maximum atomic E-state index is 13.0. The van der Waals surface area contributed by atoms with Crippen LogP contribution in [0.15, 0.2) is 45.1 Å². The monoisotopic (exact) mass is 340 g/mol. The summed E-state index contributed by atoms with van der Waals surface area (Å²) in [5.41, 5.74) is 2.31. The number of phenolic OH excluding ortho intramolecular Hbond substituents is 1. The van der Waals surface area contributed by atoms with Gasteiger partial charge < -0.3 is 19.0 Å². The molecule has 0 aliphatic rings. The first-order chi connectivity index (χ1) is 11.9. The molecule has 3 rings (SSSR count). The maximum absolute atomic E-state index is 13.0. The second kappa shape index (κ2) is 6.51. The lowest BCUT2D eigenvalue weighted by atomic mass is 10.1. The van der Waals surface area contributed by atoms with Crippen molar-refractivity contribution in [2.75, 3.05) is 13.7 Å². The van der Waals surface area contributed by atoms with E-state index >= 15 is 0 Å². The predicted octanol–water partition coefficient (Wildman–Crippen LogP) is 4.31. The number of benzene rings is 2. The Morgan fingerprint density at radius 1 is 1.20 bits per heavy atom. The van der Waals surface area contributed by atoms with Crippen molar-refractivity contribution in [2.24, 2.45) is 0 Å². The number of allylic oxidation sites excluding steroid dienone is 1. The van der Waals surface area contributed by atoms with E-state index in [1.54, 1.807) is 18.2 Å². The molecule has 0 amide bonds. The van der Waals surface area contributed by atoms with E-state index in [-0.39, 0.29) is 22.0 Å². The summed E-state index contributed by atoms with van der Waals surface area (Å²) >= 11 is 0. The Kier molecular flexibility index (Phi) is 4.40. The van der Waals surface area contributed by atoms with Crippen LogP contribution >= 0.6 is 0 Å². The number of hydrogen-bond donors (Lipinski definition) is 1. The van der Waals surface area contributed by atoms with Gasteiger partial charge in [0.15, 0.2) is 11.5 Å². The molecule has 0 atom stereocenters. The lowest BCUT2D eigenvalue weighted by Crippen LogP contribution is -2.07. The summed E-state index contributed by atoms with van der Waals surface area (Å²) < 4.78 is 17.1. The lowest BCUT2D eigenvalue weighted by molar-refractivity contribution is 0.325. The molecule has 1 heterocycles. The van der Waals surface area contributed by atoms with Crippen molar-refractivity contribution in [3.8, 4) is 17.2 Å². The van der Waals surface area contributed by atoms with Crippen molar-refractivity contribution in [3.63, 3.8) is 0 Å². The van der Waals surface area contributed by atoms with Gasteiger partial charge in [0.05, 0.1) is 7.11 Å². The van der Waals surface area contributed by atoms with E-state index < -0.39 is 0 Å².